The number of nitrogens with zero attached hydrogens (tertiary/aromatic N) is 1. The van der Waals surface area contributed by atoms with E-state index in [4.69, 9.17) is 0 Å². The van der Waals surface area contributed by atoms with Gasteiger partial charge in [0.2, 0.25) is 0 Å². The molecule has 0 unspecified atom stereocenters. The Morgan fingerprint density at radius 3 is 2.47 bits per heavy atom. The lowest BCUT2D eigenvalue weighted by molar-refractivity contribution is 0.158. The largest absolute Gasteiger partial charge is 0.395 e. The van der Waals surface area contributed by atoms with Gasteiger partial charge in [-0.1, -0.05) is 34.6 Å². The third-order valence-corrected chi connectivity index (χ3v) is 4.17. The van der Waals surface area contributed by atoms with Crippen molar-refractivity contribution in [2.45, 2.75) is 53.1 Å². The summed E-state index contributed by atoms with van der Waals surface area (Å²) in [6.45, 7) is 11.6. The summed E-state index contributed by atoms with van der Waals surface area (Å²) in [5.74, 6) is 0.539. The van der Waals surface area contributed by atoms with Crippen LogP contribution in [0.3, 0.4) is 0 Å². The molecule has 0 saturated carbocycles. The maximum absolute atomic E-state index is 9.35. The van der Waals surface area contributed by atoms with Gasteiger partial charge in [-0.05, 0) is 11.3 Å². The van der Waals surface area contributed by atoms with Crippen molar-refractivity contribution in [2.75, 3.05) is 6.61 Å². The summed E-state index contributed by atoms with van der Waals surface area (Å²) in [5, 5.41) is 13.8. The van der Waals surface area contributed by atoms with Crippen molar-refractivity contribution in [3.8, 4) is 0 Å². The molecule has 0 amide bonds. The van der Waals surface area contributed by atoms with Gasteiger partial charge in [-0.15, -0.1) is 11.3 Å². The number of nitrogens with one attached hydrogen (secondary N) is 1. The highest BCUT2D eigenvalue weighted by Crippen LogP contribution is 2.23. The maximum Gasteiger partial charge on any atom is 0.107 e. The molecule has 3 nitrogen and oxygen atoms in total. The Morgan fingerprint density at radius 2 is 2.06 bits per heavy atom. The number of aliphatic hydroxyl groups is 1. The first-order chi connectivity index (χ1) is 7.84. The molecule has 1 rings (SSSR count). The molecule has 0 fully saturated rings. The third kappa shape index (κ3) is 4.37. The molecule has 0 aliphatic rings. The topological polar surface area (TPSA) is 45.2 Å². The number of hydrogen-bond donors (Lipinski definition) is 2. The molecule has 0 bridgehead atoms. The number of aliphatic hydroxyl groups excluding tert-OH is 1. The van der Waals surface area contributed by atoms with Crippen molar-refractivity contribution in [3.05, 3.63) is 16.1 Å². The summed E-state index contributed by atoms with van der Waals surface area (Å²) in [6, 6.07) is 0.105. The SMILES string of the molecule is CC(C)c1cnc(CN[C@H](CO)C(C)(C)C)s1. The van der Waals surface area contributed by atoms with Crippen molar-refractivity contribution < 1.29 is 5.11 Å². The fourth-order valence-electron chi connectivity index (χ4n) is 1.53. The highest BCUT2D eigenvalue weighted by Gasteiger charge is 2.23. The molecule has 0 aliphatic heterocycles. The molecule has 2 N–H and O–H groups in total. The molecule has 0 aromatic carbocycles. The van der Waals surface area contributed by atoms with Crippen molar-refractivity contribution in [1.82, 2.24) is 10.3 Å². The van der Waals surface area contributed by atoms with Crippen LogP contribution in [0.1, 0.15) is 50.4 Å². The zero-order chi connectivity index (χ0) is 13.1. The second kappa shape index (κ2) is 5.94. The monoisotopic (exact) mass is 256 g/mol. The summed E-state index contributed by atoms with van der Waals surface area (Å²) in [4.78, 5) is 5.72. The van der Waals surface area contributed by atoms with Gasteiger partial charge in [-0.2, -0.15) is 0 Å². The first-order valence-electron chi connectivity index (χ1n) is 6.13. The van der Waals surface area contributed by atoms with E-state index >= 15 is 0 Å². The average Bonchev–Trinajstić information content (AvgIpc) is 2.65. The van der Waals surface area contributed by atoms with E-state index in [1.54, 1.807) is 11.3 Å². The van der Waals surface area contributed by atoms with E-state index in [1.165, 1.54) is 4.88 Å². The van der Waals surface area contributed by atoms with E-state index in [0.29, 0.717) is 5.92 Å². The number of rotatable bonds is 5. The molecule has 1 heterocycles. The van der Waals surface area contributed by atoms with Crippen LogP contribution in [0.15, 0.2) is 6.20 Å². The van der Waals surface area contributed by atoms with E-state index in [-0.39, 0.29) is 18.1 Å². The normalized spacial score (nSPS) is 14.3. The predicted octanol–water partition coefficient (Wildman–Crippen LogP) is 2.76. The van der Waals surface area contributed by atoms with Crippen LogP contribution in [-0.2, 0) is 6.54 Å². The lowest BCUT2D eigenvalue weighted by Crippen LogP contribution is -2.42. The molecule has 1 aromatic rings. The van der Waals surface area contributed by atoms with Gasteiger partial charge in [0.05, 0.1) is 6.61 Å². The average molecular weight is 256 g/mol. The van der Waals surface area contributed by atoms with E-state index in [9.17, 15) is 5.11 Å². The van der Waals surface area contributed by atoms with Gasteiger partial charge in [0.1, 0.15) is 5.01 Å². The molecular weight excluding hydrogens is 232 g/mol. The quantitative estimate of drug-likeness (QED) is 0.851. The number of thiazole rings is 1. The molecule has 1 aromatic heterocycles. The van der Waals surface area contributed by atoms with Gasteiger partial charge in [0.15, 0.2) is 0 Å². The highest BCUT2D eigenvalue weighted by atomic mass is 32.1. The summed E-state index contributed by atoms with van der Waals surface area (Å²) < 4.78 is 0. The molecule has 0 aliphatic carbocycles. The van der Waals surface area contributed by atoms with Crippen LogP contribution in [0.4, 0.5) is 0 Å². The van der Waals surface area contributed by atoms with Crippen molar-refractivity contribution in [2.24, 2.45) is 5.41 Å². The van der Waals surface area contributed by atoms with Crippen molar-refractivity contribution >= 4 is 11.3 Å². The Labute approximate surface area is 108 Å². The summed E-state index contributed by atoms with van der Waals surface area (Å²) in [6.07, 6.45) is 1.96. The Bertz CT molecular complexity index is 341. The first-order valence-corrected chi connectivity index (χ1v) is 6.95. The Kier molecular flexibility index (Phi) is 5.10. The molecule has 4 heteroatoms. The number of aromatic nitrogens is 1. The third-order valence-electron chi connectivity index (χ3n) is 2.87. The van der Waals surface area contributed by atoms with Gasteiger partial charge in [0.25, 0.3) is 0 Å². The molecule has 98 valence electrons. The van der Waals surface area contributed by atoms with Gasteiger partial charge in [0, 0.05) is 23.7 Å². The zero-order valence-electron chi connectivity index (χ0n) is 11.4. The number of hydrogen-bond acceptors (Lipinski definition) is 4. The van der Waals surface area contributed by atoms with E-state index in [1.807, 2.05) is 6.20 Å². The molecule has 1 atom stereocenters. The minimum Gasteiger partial charge on any atom is -0.395 e. The minimum atomic E-state index is 0.0624. The standard InChI is InChI=1S/C13H24N2OS/c1-9(2)10-6-15-12(17-10)7-14-11(8-16)13(3,4)5/h6,9,11,14,16H,7-8H2,1-5H3/t11-/m1/s1. The van der Waals surface area contributed by atoms with E-state index in [0.717, 1.165) is 11.6 Å². The second-order valence-electron chi connectivity index (χ2n) is 5.79. The molecule has 0 saturated heterocycles. The second-order valence-corrected chi connectivity index (χ2v) is 6.94. The Hall–Kier alpha value is -0.450. The smallest absolute Gasteiger partial charge is 0.107 e. The van der Waals surface area contributed by atoms with Gasteiger partial charge in [-0.3, -0.25) is 0 Å². The molecule has 0 spiro atoms. The lowest BCUT2D eigenvalue weighted by atomic mass is 9.87. The first kappa shape index (κ1) is 14.6. The fraction of sp³-hybridized carbons (Fsp3) is 0.769. The van der Waals surface area contributed by atoms with Crippen LogP contribution >= 0.6 is 11.3 Å². The Morgan fingerprint density at radius 1 is 1.41 bits per heavy atom. The Balaban J connectivity index is 2.54. The van der Waals surface area contributed by atoms with E-state index in [2.05, 4.69) is 44.9 Å². The minimum absolute atomic E-state index is 0.0624. The fourth-order valence-corrected chi connectivity index (χ4v) is 2.40. The van der Waals surface area contributed by atoms with Gasteiger partial charge < -0.3 is 10.4 Å². The van der Waals surface area contributed by atoms with Gasteiger partial charge in [-0.25, -0.2) is 4.98 Å². The maximum atomic E-state index is 9.35. The van der Waals surface area contributed by atoms with Crippen LogP contribution < -0.4 is 5.32 Å². The zero-order valence-corrected chi connectivity index (χ0v) is 12.3. The van der Waals surface area contributed by atoms with Crippen LogP contribution in [0.25, 0.3) is 0 Å². The van der Waals surface area contributed by atoms with E-state index < -0.39 is 0 Å². The summed E-state index contributed by atoms with van der Waals surface area (Å²) in [5.41, 5.74) is 0.0624. The van der Waals surface area contributed by atoms with Gasteiger partial charge >= 0.3 is 0 Å². The summed E-state index contributed by atoms with van der Waals surface area (Å²) in [7, 11) is 0. The molecule has 17 heavy (non-hydrogen) atoms. The van der Waals surface area contributed by atoms with Crippen LogP contribution in [0.2, 0.25) is 0 Å². The molecular formula is C13H24N2OS. The van der Waals surface area contributed by atoms with Crippen LogP contribution in [0, 0.1) is 5.41 Å². The summed E-state index contributed by atoms with van der Waals surface area (Å²) >= 11 is 1.75. The predicted molar refractivity (Wildman–Crippen MR) is 73.4 cm³/mol. The lowest BCUT2D eigenvalue weighted by Gasteiger charge is -2.29. The van der Waals surface area contributed by atoms with Crippen LogP contribution in [-0.4, -0.2) is 22.7 Å². The van der Waals surface area contributed by atoms with Crippen molar-refractivity contribution in [3.63, 3.8) is 0 Å². The van der Waals surface area contributed by atoms with Crippen LogP contribution in [0.5, 0.6) is 0 Å². The highest BCUT2D eigenvalue weighted by molar-refractivity contribution is 7.11. The molecule has 0 radical (unpaired) electrons. The van der Waals surface area contributed by atoms with Crippen molar-refractivity contribution in [1.29, 1.82) is 0 Å².